The van der Waals surface area contributed by atoms with Crippen LogP contribution in [0.15, 0.2) is 46.0 Å². The van der Waals surface area contributed by atoms with Crippen molar-refractivity contribution in [2.24, 2.45) is 0 Å². The van der Waals surface area contributed by atoms with E-state index in [-0.39, 0.29) is 18.0 Å². The van der Waals surface area contributed by atoms with Crippen LogP contribution in [0.1, 0.15) is 18.4 Å². The molecule has 33 heavy (non-hydrogen) atoms. The van der Waals surface area contributed by atoms with Crippen molar-refractivity contribution >= 4 is 40.0 Å². The summed E-state index contributed by atoms with van der Waals surface area (Å²) in [6.45, 7) is 1.02. The molecule has 0 atom stereocenters. The van der Waals surface area contributed by atoms with Crippen molar-refractivity contribution in [3.05, 3.63) is 67.8 Å². The Hall–Kier alpha value is -3.59. The van der Waals surface area contributed by atoms with Crippen LogP contribution in [0.3, 0.4) is 0 Å². The highest BCUT2D eigenvalue weighted by molar-refractivity contribution is 6.31. The minimum absolute atomic E-state index is 0.0953. The number of nitrogens with one attached hydrogen (secondary N) is 2. The molecule has 1 aromatic heterocycles. The summed E-state index contributed by atoms with van der Waals surface area (Å²) >= 11 is 6.18. The van der Waals surface area contributed by atoms with Gasteiger partial charge in [0.15, 0.2) is 0 Å². The van der Waals surface area contributed by atoms with Gasteiger partial charge in [0.1, 0.15) is 18.8 Å². The number of hydrogen-bond acceptors (Lipinski definition) is 5. The molecule has 0 spiro atoms. The molecule has 1 aliphatic carbocycles. The number of fused-ring (bicyclic) bond motifs is 1. The van der Waals surface area contributed by atoms with Crippen LogP contribution >= 0.6 is 11.6 Å². The van der Waals surface area contributed by atoms with Crippen molar-refractivity contribution in [1.82, 2.24) is 14.5 Å². The van der Waals surface area contributed by atoms with Gasteiger partial charge in [0, 0.05) is 11.1 Å². The van der Waals surface area contributed by atoms with E-state index in [9.17, 15) is 19.2 Å². The monoisotopic (exact) mass is 470 g/mol. The van der Waals surface area contributed by atoms with Crippen LogP contribution in [0.2, 0.25) is 5.02 Å². The van der Waals surface area contributed by atoms with Crippen molar-refractivity contribution in [3.63, 3.8) is 0 Å². The number of carbonyl (C=O) groups excluding carboxylic acids is 2. The van der Waals surface area contributed by atoms with E-state index in [0.29, 0.717) is 22.0 Å². The molecule has 3 aromatic rings. The van der Waals surface area contributed by atoms with Gasteiger partial charge < -0.3 is 15.4 Å². The Bertz CT molecular complexity index is 1370. The lowest BCUT2D eigenvalue weighted by atomic mass is 10.2. The summed E-state index contributed by atoms with van der Waals surface area (Å²) in [7, 11) is 1.47. The molecule has 0 saturated heterocycles. The quantitative estimate of drug-likeness (QED) is 0.549. The maximum Gasteiger partial charge on any atom is 0.332 e. The van der Waals surface area contributed by atoms with Crippen molar-refractivity contribution in [2.45, 2.75) is 38.9 Å². The number of carbonyl (C=O) groups is 2. The van der Waals surface area contributed by atoms with Gasteiger partial charge in [-0.2, -0.15) is 0 Å². The predicted molar refractivity (Wildman–Crippen MR) is 125 cm³/mol. The molecule has 10 heteroatoms. The molecule has 1 fully saturated rings. The Balaban J connectivity index is 1.69. The summed E-state index contributed by atoms with van der Waals surface area (Å²) in [5.41, 5.74) is 0.118. The number of benzene rings is 2. The standard InChI is InChI=1S/C23H23ClN4O5/c1-13-9-19(33-2)17(10-16(13)24)26-21(30)11-27-18-6-4-3-5-15(18)22(31)28(23(27)32)12-20(29)25-14-7-8-14/h3-6,9-10,14H,7-8,11-12H2,1-2H3,(H,25,29)(H,26,30). The maximum atomic E-state index is 13.2. The number of rotatable bonds is 7. The van der Waals surface area contributed by atoms with E-state index in [1.54, 1.807) is 36.4 Å². The Morgan fingerprint density at radius 1 is 1.09 bits per heavy atom. The van der Waals surface area contributed by atoms with E-state index in [2.05, 4.69) is 10.6 Å². The number of aryl methyl sites for hydroxylation is 1. The summed E-state index contributed by atoms with van der Waals surface area (Å²) in [4.78, 5) is 51.2. The lowest BCUT2D eigenvalue weighted by molar-refractivity contribution is -0.121. The van der Waals surface area contributed by atoms with E-state index in [1.807, 2.05) is 6.92 Å². The van der Waals surface area contributed by atoms with Crippen LogP contribution in [-0.2, 0) is 22.7 Å². The molecule has 1 aliphatic rings. The van der Waals surface area contributed by atoms with E-state index in [0.717, 1.165) is 23.0 Å². The number of anilines is 1. The zero-order valence-electron chi connectivity index (χ0n) is 18.2. The van der Waals surface area contributed by atoms with Crippen LogP contribution < -0.4 is 26.6 Å². The van der Waals surface area contributed by atoms with Gasteiger partial charge in [0.25, 0.3) is 5.56 Å². The van der Waals surface area contributed by atoms with Crippen molar-refractivity contribution < 1.29 is 14.3 Å². The highest BCUT2D eigenvalue weighted by atomic mass is 35.5. The second kappa shape index (κ2) is 9.11. The van der Waals surface area contributed by atoms with Crippen LogP contribution in [0.25, 0.3) is 10.9 Å². The fraction of sp³-hybridized carbons (Fsp3) is 0.304. The molecular weight excluding hydrogens is 448 g/mol. The van der Waals surface area contributed by atoms with E-state index in [1.165, 1.54) is 11.7 Å². The Morgan fingerprint density at radius 2 is 1.79 bits per heavy atom. The molecule has 0 aliphatic heterocycles. The molecule has 0 unspecified atom stereocenters. The normalized spacial score (nSPS) is 13.1. The van der Waals surface area contributed by atoms with E-state index < -0.39 is 29.6 Å². The molecule has 2 amide bonds. The second-order valence-electron chi connectivity index (χ2n) is 7.97. The molecule has 2 N–H and O–H groups in total. The number of ether oxygens (including phenoxy) is 1. The van der Waals surface area contributed by atoms with Gasteiger partial charge in [0.2, 0.25) is 11.8 Å². The summed E-state index contributed by atoms with van der Waals surface area (Å²) in [5.74, 6) is -0.515. The van der Waals surface area contributed by atoms with Gasteiger partial charge in [0.05, 0.1) is 23.7 Å². The van der Waals surface area contributed by atoms with Crippen molar-refractivity contribution in [1.29, 1.82) is 0 Å². The van der Waals surface area contributed by atoms with E-state index in [4.69, 9.17) is 16.3 Å². The highest BCUT2D eigenvalue weighted by Gasteiger charge is 2.24. The van der Waals surface area contributed by atoms with Gasteiger partial charge in [-0.3, -0.25) is 23.5 Å². The van der Waals surface area contributed by atoms with Crippen LogP contribution in [0.4, 0.5) is 5.69 Å². The Morgan fingerprint density at radius 3 is 2.48 bits per heavy atom. The second-order valence-corrected chi connectivity index (χ2v) is 8.38. The zero-order valence-corrected chi connectivity index (χ0v) is 18.9. The number of nitrogens with zero attached hydrogens (tertiary/aromatic N) is 2. The molecule has 0 radical (unpaired) electrons. The van der Waals surface area contributed by atoms with E-state index >= 15 is 0 Å². The third-order valence-corrected chi connectivity index (χ3v) is 5.84. The average Bonchev–Trinajstić information content (AvgIpc) is 3.60. The highest BCUT2D eigenvalue weighted by Crippen LogP contribution is 2.30. The number of aromatic nitrogens is 2. The van der Waals surface area contributed by atoms with Gasteiger partial charge in [-0.25, -0.2) is 4.79 Å². The lowest BCUT2D eigenvalue weighted by Crippen LogP contribution is -2.45. The molecule has 172 valence electrons. The zero-order chi connectivity index (χ0) is 23.7. The third-order valence-electron chi connectivity index (χ3n) is 5.43. The third kappa shape index (κ3) is 4.78. The van der Waals surface area contributed by atoms with Crippen molar-refractivity contribution in [3.8, 4) is 5.75 Å². The number of methoxy groups -OCH3 is 1. The van der Waals surface area contributed by atoms with Gasteiger partial charge in [-0.15, -0.1) is 0 Å². The maximum absolute atomic E-state index is 13.2. The van der Waals surface area contributed by atoms with Gasteiger partial charge >= 0.3 is 5.69 Å². The number of hydrogen-bond donors (Lipinski definition) is 2. The molecular formula is C23H23ClN4O5. The first kappa shape index (κ1) is 22.6. The number of para-hydroxylation sites is 1. The first-order valence-electron chi connectivity index (χ1n) is 10.4. The van der Waals surface area contributed by atoms with Gasteiger partial charge in [-0.1, -0.05) is 23.7 Å². The number of halogens is 1. The first-order valence-corrected chi connectivity index (χ1v) is 10.8. The average molecular weight is 471 g/mol. The van der Waals surface area contributed by atoms with Crippen molar-refractivity contribution in [2.75, 3.05) is 12.4 Å². The smallest absolute Gasteiger partial charge is 0.332 e. The molecule has 1 saturated carbocycles. The summed E-state index contributed by atoms with van der Waals surface area (Å²) in [6, 6.07) is 9.83. The summed E-state index contributed by atoms with van der Waals surface area (Å²) in [5, 5.41) is 6.16. The van der Waals surface area contributed by atoms with Crippen LogP contribution in [-0.4, -0.2) is 34.1 Å². The first-order chi connectivity index (χ1) is 15.8. The van der Waals surface area contributed by atoms with Crippen LogP contribution in [0, 0.1) is 6.92 Å². The topological polar surface area (TPSA) is 111 Å². The van der Waals surface area contributed by atoms with Gasteiger partial charge in [-0.05, 0) is 49.6 Å². The minimum atomic E-state index is -0.742. The summed E-state index contributed by atoms with van der Waals surface area (Å²) < 4.78 is 7.35. The molecule has 0 bridgehead atoms. The Labute approximate surface area is 193 Å². The fourth-order valence-electron chi connectivity index (χ4n) is 3.56. The SMILES string of the molecule is COc1cc(C)c(Cl)cc1NC(=O)Cn1c(=O)n(CC(=O)NC2CC2)c(=O)c2ccccc21. The largest absolute Gasteiger partial charge is 0.495 e. The number of amides is 2. The molecule has 2 aromatic carbocycles. The summed E-state index contributed by atoms with van der Waals surface area (Å²) in [6.07, 6.45) is 1.77. The minimum Gasteiger partial charge on any atom is -0.495 e. The molecule has 9 nitrogen and oxygen atoms in total. The fourth-order valence-corrected chi connectivity index (χ4v) is 3.73. The lowest BCUT2D eigenvalue weighted by Gasteiger charge is -2.15. The molecule has 1 heterocycles. The predicted octanol–water partition coefficient (Wildman–Crippen LogP) is 2.05. The molecule has 4 rings (SSSR count). The Kier molecular flexibility index (Phi) is 6.24. The van der Waals surface area contributed by atoms with Crippen LogP contribution in [0.5, 0.6) is 5.75 Å².